The number of anilines is 2. The lowest BCUT2D eigenvalue weighted by molar-refractivity contribution is -0.0269. The molecule has 2 aliphatic heterocycles. The Hall–Kier alpha value is -3.74. The zero-order valence-corrected chi connectivity index (χ0v) is 21.5. The number of benzene rings is 1. The average molecular weight is 540 g/mol. The van der Waals surface area contributed by atoms with Gasteiger partial charge in [0.15, 0.2) is 28.4 Å². The Labute approximate surface area is 224 Å². The molecule has 0 saturated carbocycles. The van der Waals surface area contributed by atoms with Gasteiger partial charge < -0.3 is 31.7 Å². The summed E-state index contributed by atoms with van der Waals surface area (Å²) < 4.78 is 5.47. The highest BCUT2D eigenvalue weighted by atomic mass is 35.5. The maximum Gasteiger partial charge on any atom is 0.302 e. The van der Waals surface area contributed by atoms with Crippen molar-refractivity contribution >= 4 is 35.1 Å². The van der Waals surface area contributed by atoms with Gasteiger partial charge in [0.1, 0.15) is 17.7 Å². The fourth-order valence-corrected chi connectivity index (χ4v) is 4.91. The third kappa shape index (κ3) is 5.72. The first-order chi connectivity index (χ1) is 18.3. The van der Waals surface area contributed by atoms with Crippen LogP contribution in [-0.4, -0.2) is 68.4 Å². The predicted molar refractivity (Wildman–Crippen MR) is 143 cm³/mol. The van der Waals surface area contributed by atoms with Crippen LogP contribution in [0.4, 0.5) is 11.6 Å². The molecule has 38 heavy (non-hydrogen) atoms. The number of aliphatic imine (C=N–C) groups is 1. The Morgan fingerprint density at radius 1 is 1.21 bits per heavy atom. The normalized spacial score (nSPS) is 18.8. The predicted octanol–water partition coefficient (Wildman–Crippen LogP) is 1.81. The number of carbonyl (C=O) groups excluding carboxylic acids is 1. The number of aromatic nitrogens is 3. The molecule has 1 aromatic carbocycles. The van der Waals surface area contributed by atoms with Crippen molar-refractivity contribution in [2.24, 2.45) is 4.99 Å². The van der Waals surface area contributed by atoms with E-state index in [4.69, 9.17) is 27.6 Å². The maximum absolute atomic E-state index is 12.6. The van der Waals surface area contributed by atoms with Crippen LogP contribution in [0.3, 0.4) is 0 Å². The van der Waals surface area contributed by atoms with Crippen LogP contribution in [0.5, 0.6) is 0 Å². The van der Waals surface area contributed by atoms with Gasteiger partial charge >= 0.3 is 5.91 Å². The Morgan fingerprint density at radius 3 is 2.74 bits per heavy atom. The molecule has 0 aliphatic carbocycles. The number of guanidine groups is 1. The largest absolute Gasteiger partial charge is 0.382 e. The van der Waals surface area contributed by atoms with E-state index in [0.29, 0.717) is 38.4 Å². The number of likely N-dealkylation sites (tertiary alicyclic amines) is 1. The summed E-state index contributed by atoms with van der Waals surface area (Å²) in [6, 6.07) is 11.9. The van der Waals surface area contributed by atoms with E-state index in [0.717, 1.165) is 36.3 Å². The van der Waals surface area contributed by atoms with Crippen LogP contribution in [0.2, 0.25) is 5.15 Å². The van der Waals surface area contributed by atoms with Crippen molar-refractivity contribution < 1.29 is 14.4 Å². The van der Waals surface area contributed by atoms with E-state index in [2.05, 4.69) is 35.7 Å². The summed E-state index contributed by atoms with van der Waals surface area (Å²) in [5.74, 6) is 0.314. The van der Waals surface area contributed by atoms with Crippen molar-refractivity contribution in [3.8, 4) is 11.3 Å². The summed E-state index contributed by atoms with van der Waals surface area (Å²) in [6.07, 6.45) is 3.15. The molecule has 0 radical (unpaired) electrons. The molecular weight excluding hydrogens is 510 g/mol. The summed E-state index contributed by atoms with van der Waals surface area (Å²) in [6.45, 7) is 2.04. The number of hydrogen-bond donors (Lipinski definition) is 5. The summed E-state index contributed by atoms with van der Waals surface area (Å²) in [4.78, 5) is 26.4. The van der Waals surface area contributed by atoms with E-state index in [1.807, 2.05) is 36.4 Å². The van der Waals surface area contributed by atoms with Crippen molar-refractivity contribution in [2.45, 2.75) is 43.9 Å². The second kappa shape index (κ2) is 10.9. The third-order valence-electron chi connectivity index (χ3n) is 6.99. The smallest absolute Gasteiger partial charge is 0.302 e. The number of piperidine rings is 1. The molecule has 0 bridgehead atoms. The maximum atomic E-state index is 12.6. The fraction of sp³-hybridized carbons (Fsp3) is 0.400. The first kappa shape index (κ1) is 25.9. The van der Waals surface area contributed by atoms with Gasteiger partial charge in [0, 0.05) is 37.7 Å². The summed E-state index contributed by atoms with van der Waals surface area (Å²) in [5, 5.41) is 21.3. The lowest BCUT2D eigenvalue weighted by Gasteiger charge is -2.40. The highest BCUT2D eigenvalue weighted by Gasteiger charge is 2.40. The van der Waals surface area contributed by atoms with Crippen molar-refractivity contribution in [3.63, 3.8) is 0 Å². The monoisotopic (exact) mass is 539 g/mol. The highest BCUT2D eigenvalue weighted by molar-refractivity contribution is 6.31. The second-order valence-electron chi connectivity index (χ2n) is 9.61. The molecule has 1 unspecified atom stereocenters. The first-order valence-electron chi connectivity index (χ1n) is 12.5. The molecule has 200 valence electrons. The highest BCUT2D eigenvalue weighted by Crippen LogP contribution is 2.27. The Kier molecular flexibility index (Phi) is 7.45. The van der Waals surface area contributed by atoms with E-state index in [1.165, 1.54) is 0 Å². The van der Waals surface area contributed by atoms with E-state index < -0.39 is 12.1 Å². The lowest BCUT2D eigenvalue weighted by atomic mass is 9.88. The average Bonchev–Trinajstić information content (AvgIpc) is 3.54. The van der Waals surface area contributed by atoms with E-state index in [1.54, 1.807) is 0 Å². The first-order valence-corrected chi connectivity index (χ1v) is 12.9. The van der Waals surface area contributed by atoms with E-state index in [9.17, 15) is 9.90 Å². The van der Waals surface area contributed by atoms with Gasteiger partial charge in [-0.3, -0.25) is 9.69 Å². The molecule has 2 saturated heterocycles. The second-order valence-corrected chi connectivity index (χ2v) is 9.97. The van der Waals surface area contributed by atoms with Gasteiger partial charge in [-0.05, 0) is 25.7 Å². The van der Waals surface area contributed by atoms with Crippen molar-refractivity contribution in [3.05, 3.63) is 53.0 Å². The molecule has 2 aliphatic rings. The SMILES string of the molecule is Nc1nc(N)c(C(=O)/N=C2\NCC3(CCN(C(O)CCCc4cc(-c5ccccc5)no4)CC3)N2)nc1Cl. The van der Waals surface area contributed by atoms with Crippen molar-refractivity contribution in [1.82, 2.24) is 30.7 Å². The van der Waals surface area contributed by atoms with Crippen LogP contribution in [-0.2, 0) is 6.42 Å². The Morgan fingerprint density at radius 2 is 1.97 bits per heavy atom. The van der Waals surface area contributed by atoms with Crippen molar-refractivity contribution in [2.75, 3.05) is 31.1 Å². The Bertz CT molecular complexity index is 1320. The van der Waals surface area contributed by atoms with Gasteiger partial charge in [0.05, 0.1) is 5.54 Å². The molecule has 4 heterocycles. The zero-order chi connectivity index (χ0) is 26.7. The van der Waals surface area contributed by atoms with Gasteiger partial charge in [-0.1, -0.05) is 47.1 Å². The molecule has 1 amide bonds. The van der Waals surface area contributed by atoms with Crippen LogP contribution >= 0.6 is 11.6 Å². The molecule has 1 spiro atoms. The zero-order valence-electron chi connectivity index (χ0n) is 20.7. The van der Waals surface area contributed by atoms with Gasteiger partial charge in [0.25, 0.3) is 0 Å². The number of nitrogens with one attached hydrogen (secondary N) is 2. The standard InChI is InChI=1S/C25H30ClN9O3/c26-20-22(28)31-21(27)19(30-20)23(37)32-24-29-14-25(33-24)9-11-35(12-10-25)18(36)8-4-7-16-13-17(34-38-16)15-5-2-1-3-6-15/h1-3,5-6,13,18,36H,4,7-12,14H2,(H4,27,28,31)(H2,29,32,33,37). The molecular formula is C25H30ClN9O3. The van der Waals surface area contributed by atoms with Gasteiger partial charge in [0.2, 0.25) is 0 Å². The van der Waals surface area contributed by atoms with E-state index >= 15 is 0 Å². The third-order valence-corrected chi connectivity index (χ3v) is 7.27. The number of nitrogens with zero attached hydrogens (tertiary/aromatic N) is 5. The van der Waals surface area contributed by atoms with Crippen LogP contribution < -0.4 is 22.1 Å². The number of hydrogen-bond acceptors (Lipinski definition) is 9. The number of amides is 1. The number of aryl methyl sites for hydroxylation is 1. The number of nitrogens with two attached hydrogens (primary N) is 2. The molecule has 2 aromatic heterocycles. The van der Waals surface area contributed by atoms with E-state index in [-0.39, 0.29) is 28.0 Å². The molecule has 2 fully saturated rings. The van der Waals surface area contributed by atoms with Crippen LogP contribution in [0.25, 0.3) is 11.3 Å². The quantitative estimate of drug-likeness (QED) is 0.295. The summed E-state index contributed by atoms with van der Waals surface area (Å²) in [5.41, 5.74) is 12.8. The fourth-order valence-electron chi connectivity index (χ4n) is 4.78. The summed E-state index contributed by atoms with van der Waals surface area (Å²) in [7, 11) is 0. The number of rotatable bonds is 7. The molecule has 12 nitrogen and oxygen atoms in total. The molecule has 7 N–H and O–H groups in total. The summed E-state index contributed by atoms with van der Waals surface area (Å²) >= 11 is 5.87. The number of aliphatic hydroxyl groups is 1. The minimum atomic E-state index is -0.667. The topological polar surface area (TPSA) is 181 Å². The van der Waals surface area contributed by atoms with Crippen LogP contribution in [0, 0.1) is 0 Å². The Balaban J connectivity index is 1.09. The molecule has 3 aromatic rings. The molecule has 13 heteroatoms. The number of halogens is 1. The van der Waals surface area contributed by atoms with Gasteiger partial charge in [-0.15, -0.1) is 0 Å². The van der Waals surface area contributed by atoms with Crippen molar-refractivity contribution in [1.29, 1.82) is 0 Å². The molecule has 5 rings (SSSR count). The van der Waals surface area contributed by atoms with Crippen LogP contribution in [0.1, 0.15) is 41.9 Å². The minimum Gasteiger partial charge on any atom is -0.382 e. The van der Waals surface area contributed by atoms with Crippen LogP contribution in [0.15, 0.2) is 45.9 Å². The lowest BCUT2D eigenvalue weighted by Crippen LogP contribution is -2.54. The number of nitrogen functional groups attached to an aromatic ring is 2. The number of carbonyl (C=O) groups is 1. The minimum absolute atomic E-state index is 0.0476. The van der Waals surface area contributed by atoms with Gasteiger partial charge in [-0.2, -0.15) is 4.99 Å². The number of aliphatic hydroxyl groups excluding tert-OH is 1. The van der Waals surface area contributed by atoms with Gasteiger partial charge in [-0.25, -0.2) is 9.97 Å². The molecule has 1 atom stereocenters.